The molecule has 1 fully saturated rings. The summed E-state index contributed by atoms with van der Waals surface area (Å²) in [5.74, 6) is 2.05. The Morgan fingerprint density at radius 1 is 1.21 bits per heavy atom. The Kier molecular flexibility index (Phi) is 7.17. The van der Waals surface area contributed by atoms with Crippen LogP contribution >= 0.6 is 11.3 Å². The number of thiophene rings is 1. The first-order valence-electron chi connectivity index (χ1n) is 10.7. The highest BCUT2D eigenvalue weighted by atomic mass is 32.1. The SMILES string of the molecule is COc1cc(COc2cc(NC(=O)c3sccc3C3CNCC(C)N3C)[nH]n2)cc(OC)c1. The van der Waals surface area contributed by atoms with Crippen molar-refractivity contribution in [2.45, 2.75) is 25.6 Å². The minimum atomic E-state index is -0.167. The van der Waals surface area contributed by atoms with Crippen LogP contribution in [0.4, 0.5) is 5.82 Å². The molecule has 2 aromatic heterocycles. The molecule has 1 aliphatic heterocycles. The number of nitrogens with zero attached hydrogens (tertiary/aromatic N) is 2. The Bertz CT molecular complexity index is 1080. The normalized spacial score (nSPS) is 18.7. The van der Waals surface area contributed by atoms with Crippen LogP contribution in [-0.2, 0) is 6.61 Å². The molecule has 4 rings (SSSR count). The molecule has 33 heavy (non-hydrogen) atoms. The van der Waals surface area contributed by atoms with E-state index in [4.69, 9.17) is 14.2 Å². The highest BCUT2D eigenvalue weighted by molar-refractivity contribution is 7.12. The molecule has 2 unspecified atom stereocenters. The van der Waals surface area contributed by atoms with Gasteiger partial charge in [0, 0.05) is 37.3 Å². The molecule has 1 saturated heterocycles. The number of aromatic nitrogens is 2. The van der Waals surface area contributed by atoms with Gasteiger partial charge in [-0.15, -0.1) is 16.4 Å². The van der Waals surface area contributed by atoms with Crippen LogP contribution in [0.1, 0.15) is 33.8 Å². The third-order valence-corrected chi connectivity index (χ3v) is 6.75. The number of nitrogens with one attached hydrogen (secondary N) is 3. The molecule has 0 aliphatic carbocycles. The van der Waals surface area contributed by atoms with Crippen molar-refractivity contribution < 1.29 is 19.0 Å². The van der Waals surface area contributed by atoms with E-state index in [-0.39, 0.29) is 18.6 Å². The quantitative estimate of drug-likeness (QED) is 0.464. The number of ether oxygens (including phenoxy) is 3. The van der Waals surface area contributed by atoms with Crippen LogP contribution in [-0.4, -0.2) is 61.4 Å². The van der Waals surface area contributed by atoms with Crippen molar-refractivity contribution in [2.75, 3.05) is 39.7 Å². The van der Waals surface area contributed by atoms with Gasteiger partial charge in [0.2, 0.25) is 5.88 Å². The van der Waals surface area contributed by atoms with Gasteiger partial charge >= 0.3 is 0 Å². The summed E-state index contributed by atoms with van der Waals surface area (Å²) in [7, 11) is 5.31. The van der Waals surface area contributed by atoms with E-state index >= 15 is 0 Å². The monoisotopic (exact) mass is 471 g/mol. The smallest absolute Gasteiger partial charge is 0.267 e. The number of amides is 1. The summed E-state index contributed by atoms with van der Waals surface area (Å²) in [5.41, 5.74) is 1.91. The van der Waals surface area contributed by atoms with Crippen LogP contribution in [0.15, 0.2) is 35.7 Å². The Morgan fingerprint density at radius 3 is 2.70 bits per heavy atom. The number of benzene rings is 1. The predicted octanol–water partition coefficient (Wildman–Crippen LogP) is 3.28. The Balaban J connectivity index is 1.40. The number of rotatable bonds is 8. The van der Waals surface area contributed by atoms with Crippen LogP contribution in [0, 0.1) is 0 Å². The van der Waals surface area contributed by atoms with Gasteiger partial charge in [-0.2, -0.15) is 0 Å². The number of H-pyrrole nitrogens is 1. The van der Waals surface area contributed by atoms with E-state index < -0.39 is 0 Å². The second kappa shape index (κ2) is 10.2. The molecule has 0 bridgehead atoms. The van der Waals surface area contributed by atoms with Crippen LogP contribution in [0.5, 0.6) is 17.4 Å². The maximum atomic E-state index is 13.0. The molecule has 176 valence electrons. The lowest BCUT2D eigenvalue weighted by atomic mass is 10.0. The zero-order valence-corrected chi connectivity index (χ0v) is 20.0. The third-order valence-electron chi connectivity index (χ3n) is 5.83. The molecule has 10 heteroatoms. The second-order valence-electron chi connectivity index (χ2n) is 7.98. The topological polar surface area (TPSA) is 101 Å². The summed E-state index contributed by atoms with van der Waals surface area (Å²) < 4.78 is 16.3. The number of carbonyl (C=O) groups excluding carboxylic acids is 1. The molecule has 0 saturated carbocycles. The van der Waals surface area contributed by atoms with Crippen molar-refractivity contribution in [3.05, 3.63) is 51.7 Å². The molecular weight excluding hydrogens is 442 g/mol. The molecule has 9 nitrogen and oxygen atoms in total. The van der Waals surface area contributed by atoms with E-state index in [1.165, 1.54) is 11.3 Å². The molecule has 0 spiro atoms. The third kappa shape index (κ3) is 5.29. The van der Waals surface area contributed by atoms with E-state index in [1.807, 2.05) is 23.6 Å². The number of anilines is 1. The van der Waals surface area contributed by atoms with Gasteiger partial charge in [0.15, 0.2) is 0 Å². The lowest BCUT2D eigenvalue weighted by Gasteiger charge is -2.38. The number of methoxy groups -OCH3 is 2. The van der Waals surface area contributed by atoms with Crippen molar-refractivity contribution in [3.63, 3.8) is 0 Å². The van der Waals surface area contributed by atoms with Gasteiger partial charge in [-0.25, -0.2) is 0 Å². The van der Waals surface area contributed by atoms with Crippen LogP contribution in [0.2, 0.25) is 0 Å². The Hall–Kier alpha value is -3.08. The summed E-state index contributed by atoms with van der Waals surface area (Å²) in [6.45, 7) is 4.21. The maximum absolute atomic E-state index is 13.0. The number of hydrogen-bond acceptors (Lipinski definition) is 8. The summed E-state index contributed by atoms with van der Waals surface area (Å²) >= 11 is 1.44. The molecule has 0 radical (unpaired) electrons. The van der Waals surface area contributed by atoms with E-state index in [9.17, 15) is 4.79 Å². The first-order valence-corrected chi connectivity index (χ1v) is 11.6. The average molecular weight is 472 g/mol. The minimum absolute atomic E-state index is 0.154. The average Bonchev–Trinajstić information content (AvgIpc) is 3.49. The summed E-state index contributed by atoms with van der Waals surface area (Å²) in [6, 6.07) is 9.79. The highest BCUT2D eigenvalue weighted by Crippen LogP contribution is 2.30. The zero-order chi connectivity index (χ0) is 23.4. The number of carbonyl (C=O) groups is 1. The van der Waals surface area contributed by atoms with E-state index in [2.05, 4.69) is 39.7 Å². The first-order chi connectivity index (χ1) is 16.0. The molecule has 3 heterocycles. The number of hydrogen-bond donors (Lipinski definition) is 3. The van der Waals surface area contributed by atoms with Crippen molar-refractivity contribution in [3.8, 4) is 17.4 Å². The number of likely N-dealkylation sites (N-methyl/N-ethyl adjacent to an activating group) is 1. The lowest BCUT2D eigenvalue weighted by molar-refractivity contribution is 0.102. The molecule has 2 atom stereocenters. The fraction of sp³-hybridized carbons (Fsp3) is 0.391. The van der Waals surface area contributed by atoms with Gasteiger partial charge in [-0.3, -0.25) is 14.8 Å². The van der Waals surface area contributed by atoms with Crippen molar-refractivity contribution in [1.82, 2.24) is 20.4 Å². The van der Waals surface area contributed by atoms with Crippen LogP contribution < -0.4 is 24.8 Å². The second-order valence-corrected chi connectivity index (χ2v) is 8.89. The fourth-order valence-electron chi connectivity index (χ4n) is 3.85. The summed E-state index contributed by atoms with van der Waals surface area (Å²) in [5, 5.41) is 15.3. The zero-order valence-electron chi connectivity index (χ0n) is 19.2. The van der Waals surface area contributed by atoms with E-state index in [0.29, 0.717) is 34.1 Å². The summed E-state index contributed by atoms with van der Waals surface area (Å²) in [4.78, 5) is 16.0. The largest absolute Gasteiger partial charge is 0.497 e. The van der Waals surface area contributed by atoms with Gasteiger partial charge in [0.25, 0.3) is 5.91 Å². The fourth-order valence-corrected chi connectivity index (χ4v) is 4.70. The van der Waals surface area contributed by atoms with Crippen molar-refractivity contribution in [2.24, 2.45) is 0 Å². The lowest BCUT2D eigenvalue weighted by Crippen LogP contribution is -2.49. The number of aromatic amines is 1. The summed E-state index contributed by atoms with van der Waals surface area (Å²) in [6.07, 6.45) is 0. The van der Waals surface area contributed by atoms with E-state index in [1.54, 1.807) is 26.4 Å². The van der Waals surface area contributed by atoms with Gasteiger partial charge in [0.05, 0.1) is 19.1 Å². The number of piperazine rings is 1. The van der Waals surface area contributed by atoms with Gasteiger partial charge in [-0.1, -0.05) is 0 Å². The molecule has 1 aromatic carbocycles. The van der Waals surface area contributed by atoms with Crippen LogP contribution in [0.25, 0.3) is 0 Å². The molecular formula is C23H29N5O4S. The van der Waals surface area contributed by atoms with Crippen molar-refractivity contribution in [1.29, 1.82) is 0 Å². The van der Waals surface area contributed by atoms with Gasteiger partial charge in [-0.05, 0) is 48.7 Å². The molecule has 3 N–H and O–H groups in total. The minimum Gasteiger partial charge on any atom is -0.497 e. The Morgan fingerprint density at radius 2 is 1.97 bits per heavy atom. The van der Waals surface area contributed by atoms with Gasteiger partial charge in [0.1, 0.15) is 23.9 Å². The molecule has 1 aliphatic rings. The van der Waals surface area contributed by atoms with Crippen LogP contribution in [0.3, 0.4) is 0 Å². The van der Waals surface area contributed by atoms with Crippen molar-refractivity contribution >= 4 is 23.1 Å². The van der Waals surface area contributed by atoms with Gasteiger partial charge < -0.3 is 24.8 Å². The highest BCUT2D eigenvalue weighted by Gasteiger charge is 2.29. The molecule has 3 aromatic rings. The maximum Gasteiger partial charge on any atom is 0.267 e. The molecule has 1 amide bonds. The Labute approximate surface area is 197 Å². The predicted molar refractivity (Wildman–Crippen MR) is 128 cm³/mol. The standard InChI is InChI=1S/C23H29N5O4S/c1-14-11-24-12-19(28(14)2)18-5-6-33-22(18)23(29)25-20-10-21(27-26-20)32-13-15-7-16(30-3)9-17(8-15)31-4/h5-10,14,19,24H,11-13H2,1-4H3,(H2,25,26,27,29). The van der Waals surface area contributed by atoms with E-state index in [0.717, 1.165) is 24.2 Å². The first kappa shape index (κ1) is 23.1.